The molecule has 0 radical (unpaired) electrons. The van der Waals surface area contributed by atoms with E-state index in [4.69, 9.17) is 4.74 Å². The largest absolute Gasteiger partial charge is 0.377 e. The minimum absolute atomic E-state index is 0.0894. The second kappa shape index (κ2) is 6.37. The molecule has 1 aliphatic heterocycles. The fourth-order valence-corrected chi connectivity index (χ4v) is 3.86. The maximum atomic E-state index is 12.9. The summed E-state index contributed by atoms with van der Waals surface area (Å²) in [6.07, 6.45) is 8.87. The first kappa shape index (κ1) is 14.8. The summed E-state index contributed by atoms with van der Waals surface area (Å²) < 4.78 is 5.59. The molecule has 120 valence electrons. The summed E-state index contributed by atoms with van der Waals surface area (Å²) in [7, 11) is 0. The van der Waals surface area contributed by atoms with E-state index in [2.05, 4.69) is 9.97 Å². The Kier molecular flexibility index (Phi) is 4.10. The minimum Gasteiger partial charge on any atom is -0.377 e. The Labute approximate surface area is 139 Å². The number of carbonyl (C=O) groups excluding carboxylic acids is 1. The lowest BCUT2D eigenvalue weighted by Crippen LogP contribution is -2.48. The molecule has 23 heavy (non-hydrogen) atoms. The van der Waals surface area contributed by atoms with Gasteiger partial charge in [-0.1, -0.05) is 12.8 Å². The Morgan fingerprint density at radius 2 is 2.30 bits per heavy atom. The SMILES string of the molecule is O=C(c1cnc(-c2cccnc2)s1)N1CCOCC1CC1CC1. The second-order valence-corrected chi connectivity index (χ2v) is 7.21. The minimum atomic E-state index is 0.0894. The monoisotopic (exact) mass is 329 g/mol. The zero-order valence-electron chi connectivity index (χ0n) is 12.9. The maximum absolute atomic E-state index is 12.9. The van der Waals surface area contributed by atoms with E-state index < -0.39 is 0 Å². The van der Waals surface area contributed by atoms with Gasteiger partial charge >= 0.3 is 0 Å². The van der Waals surface area contributed by atoms with E-state index in [0.29, 0.717) is 24.6 Å². The number of ether oxygens (including phenoxy) is 1. The van der Waals surface area contributed by atoms with E-state index >= 15 is 0 Å². The molecule has 1 amide bonds. The Bertz CT molecular complexity index is 684. The van der Waals surface area contributed by atoms with Gasteiger partial charge in [0.2, 0.25) is 0 Å². The van der Waals surface area contributed by atoms with E-state index in [9.17, 15) is 4.79 Å². The van der Waals surface area contributed by atoms with Crippen LogP contribution in [0.25, 0.3) is 10.6 Å². The van der Waals surface area contributed by atoms with Crippen molar-refractivity contribution >= 4 is 17.2 Å². The third-order valence-corrected chi connectivity index (χ3v) is 5.45. The van der Waals surface area contributed by atoms with Gasteiger partial charge in [-0.05, 0) is 24.5 Å². The van der Waals surface area contributed by atoms with Crippen molar-refractivity contribution in [3.05, 3.63) is 35.6 Å². The lowest BCUT2D eigenvalue weighted by Gasteiger charge is -2.35. The highest BCUT2D eigenvalue weighted by molar-refractivity contribution is 7.16. The standard InChI is InChI=1S/C17H19N3O2S/c21-17(20-6-7-22-11-14(20)8-12-3-4-12)15-10-19-16(23-15)13-2-1-5-18-9-13/h1-2,5,9-10,12,14H,3-4,6-8,11H2. The number of hydrogen-bond donors (Lipinski definition) is 0. The lowest BCUT2D eigenvalue weighted by atomic mass is 10.1. The number of nitrogens with zero attached hydrogens (tertiary/aromatic N) is 3. The smallest absolute Gasteiger partial charge is 0.265 e. The van der Waals surface area contributed by atoms with Gasteiger partial charge in [-0.25, -0.2) is 4.98 Å². The molecule has 6 heteroatoms. The Hall–Kier alpha value is -1.79. The van der Waals surface area contributed by atoms with Gasteiger partial charge in [0.25, 0.3) is 5.91 Å². The van der Waals surface area contributed by atoms with Crippen LogP contribution in [0, 0.1) is 5.92 Å². The lowest BCUT2D eigenvalue weighted by molar-refractivity contribution is -0.00545. The molecule has 0 spiro atoms. The van der Waals surface area contributed by atoms with Gasteiger partial charge in [-0.15, -0.1) is 11.3 Å². The number of hydrogen-bond acceptors (Lipinski definition) is 5. The van der Waals surface area contributed by atoms with Crippen LogP contribution in [-0.4, -0.2) is 46.6 Å². The third kappa shape index (κ3) is 3.28. The van der Waals surface area contributed by atoms with Crippen LogP contribution in [0.4, 0.5) is 0 Å². The molecule has 4 rings (SSSR count). The zero-order chi connectivity index (χ0) is 15.6. The van der Waals surface area contributed by atoms with Crippen LogP contribution < -0.4 is 0 Å². The number of carbonyl (C=O) groups is 1. The summed E-state index contributed by atoms with van der Waals surface area (Å²) in [4.78, 5) is 24.1. The molecule has 2 aliphatic rings. The number of morpholine rings is 1. The molecule has 0 aromatic carbocycles. The van der Waals surface area contributed by atoms with Crippen molar-refractivity contribution in [1.82, 2.24) is 14.9 Å². The summed E-state index contributed by atoms with van der Waals surface area (Å²) >= 11 is 1.44. The molecule has 1 saturated carbocycles. The predicted octanol–water partition coefficient (Wildman–Crippen LogP) is 2.85. The van der Waals surface area contributed by atoms with Gasteiger partial charge in [0, 0.05) is 24.5 Å². The summed E-state index contributed by atoms with van der Waals surface area (Å²) in [5, 5.41) is 0.841. The predicted molar refractivity (Wildman–Crippen MR) is 88.3 cm³/mol. The quantitative estimate of drug-likeness (QED) is 0.865. The van der Waals surface area contributed by atoms with Crippen LogP contribution in [0.2, 0.25) is 0 Å². The highest BCUT2D eigenvalue weighted by Crippen LogP contribution is 2.36. The number of thiazole rings is 1. The van der Waals surface area contributed by atoms with E-state index in [-0.39, 0.29) is 11.9 Å². The molecular formula is C17H19N3O2S. The van der Waals surface area contributed by atoms with Gasteiger partial charge in [0.1, 0.15) is 9.88 Å². The highest BCUT2D eigenvalue weighted by atomic mass is 32.1. The fraction of sp³-hybridized carbons (Fsp3) is 0.471. The fourth-order valence-electron chi connectivity index (χ4n) is 2.99. The molecule has 2 aromatic rings. The van der Waals surface area contributed by atoms with Gasteiger partial charge in [-0.2, -0.15) is 0 Å². The summed E-state index contributed by atoms with van der Waals surface area (Å²) in [6.45, 7) is 1.97. The summed E-state index contributed by atoms with van der Waals surface area (Å²) in [5.41, 5.74) is 0.952. The van der Waals surface area contributed by atoms with E-state index in [0.717, 1.165) is 22.9 Å². The van der Waals surface area contributed by atoms with Crippen molar-refractivity contribution in [3.63, 3.8) is 0 Å². The average molecular weight is 329 g/mol. The van der Waals surface area contributed by atoms with Gasteiger partial charge in [0.05, 0.1) is 25.5 Å². The van der Waals surface area contributed by atoms with Crippen molar-refractivity contribution in [2.45, 2.75) is 25.3 Å². The third-order valence-electron chi connectivity index (χ3n) is 4.42. The number of aromatic nitrogens is 2. The molecule has 5 nitrogen and oxygen atoms in total. The molecular weight excluding hydrogens is 310 g/mol. The topological polar surface area (TPSA) is 55.3 Å². The van der Waals surface area contributed by atoms with Crippen LogP contribution in [0.5, 0.6) is 0 Å². The highest BCUT2D eigenvalue weighted by Gasteiger charge is 2.34. The Morgan fingerprint density at radius 3 is 3.09 bits per heavy atom. The number of rotatable bonds is 4. The first-order valence-corrected chi connectivity index (χ1v) is 8.88. The average Bonchev–Trinajstić information content (AvgIpc) is 3.27. The molecule has 1 saturated heterocycles. The van der Waals surface area contributed by atoms with Crippen molar-refractivity contribution in [2.24, 2.45) is 5.92 Å². The normalized spacial score (nSPS) is 21.4. The molecule has 2 fully saturated rings. The van der Waals surface area contributed by atoms with Crippen LogP contribution in [0.1, 0.15) is 28.9 Å². The van der Waals surface area contributed by atoms with E-state index in [1.807, 2.05) is 17.0 Å². The van der Waals surface area contributed by atoms with Crippen molar-refractivity contribution in [1.29, 1.82) is 0 Å². The molecule has 1 atom stereocenters. The number of pyridine rings is 1. The van der Waals surface area contributed by atoms with Gasteiger partial charge in [-0.3, -0.25) is 9.78 Å². The van der Waals surface area contributed by atoms with Crippen LogP contribution in [0.15, 0.2) is 30.7 Å². The number of amides is 1. The van der Waals surface area contributed by atoms with Crippen LogP contribution >= 0.6 is 11.3 Å². The van der Waals surface area contributed by atoms with Crippen LogP contribution in [0.3, 0.4) is 0 Å². The maximum Gasteiger partial charge on any atom is 0.265 e. The van der Waals surface area contributed by atoms with E-state index in [1.165, 1.54) is 24.2 Å². The summed E-state index contributed by atoms with van der Waals surface area (Å²) in [5.74, 6) is 0.871. The van der Waals surface area contributed by atoms with Crippen molar-refractivity contribution < 1.29 is 9.53 Å². The van der Waals surface area contributed by atoms with E-state index in [1.54, 1.807) is 18.6 Å². The van der Waals surface area contributed by atoms with Crippen molar-refractivity contribution in [3.8, 4) is 10.6 Å². The Morgan fingerprint density at radius 1 is 1.39 bits per heavy atom. The van der Waals surface area contributed by atoms with Gasteiger partial charge < -0.3 is 9.64 Å². The first-order valence-electron chi connectivity index (χ1n) is 8.06. The van der Waals surface area contributed by atoms with Gasteiger partial charge in [0.15, 0.2) is 0 Å². The zero-order valence-corrected chi connectivity index (χ0v) is 13.7. The molecule has 1 unspecified atom stereocenters. The molecule has 0 N–H and O–H groups in total. The molecule has 1 aliphatic carbocycles. The van der Waals surface area contributed by atoms with Crippen molar-refractivity contribution in [2.75, 3.05) is 19.8 Å². The van der Waals surface area contributed by atoms with Crippen LogP contribution in [-0.2, 0) is 4.74 Å². The first-order chi connectivity index (χ1) is 11.3. The summed E-state index contributed by atoms with van der Waals surface area (Å²) in [6, 6.07) is 4.06. The molecule has 0 bridgehead atoms. The molecule has 2 aromatic heterocycles. The second-order valence-electron chi connectivity index (χ2n) is 6.18. The molecule has 3 heterocycles. The Balaban J connectivity index is 1.52.